The lowest BCUT2D eigenvalue weighted by Gasteiger charge is -2.17. The lowest BCUT2D eigenvalue weighted by molar-refractivity contribution is -0.149. The number of aliphatic carboxylic acids is 1. The number of nitrogens with one attached hydrogen (secondary N) is 1. The number of hydrogen-bond donors (Lipinski definition) is 4. The maximum Gasteiger partial charge on any atom is 0.331 e. The van der Waals surface area contributed by atoms with Gasteiger partial charge in [0.05, 0.1) is 25.7 Å². The number of hydrogen-bond acceptors (Lipinski definition) is 6. The number of aliphatic hydroxyl groups is 1. The van der Waals surface area contributed by atoms with Gasteiger partial charge >= 0.3 is 11.9 Å². The van der Waals surface area contributed by atoms with Crippen molar-refractivity contribution in [1.82, 2.24) is 5.32 Å². The normalized spacial score (nSPS) is 13.5. The van der Waals surface area contributed by atoms with Crippen LogP contribution in [0.15, 0.2) is 0 Å². The van der Waals surface area contributed by atoms with Gasteiger partial charge in [0.15, 0.2) is 6.04 Å². The molecule has 8 heteroatoms. The topological polar surface area (TPSA) is 139 Å². The lowest BCUT2D eigenvalue weighted by atomic mass is 10.2. The van der Waals surface area contributed by atoms with Crippen LogP contribution in [0.25, 0.3) is 0 Å². The van der Waals surface area contributed by atoms with Crippen molar-refractivity contribution in [3.8, 4) is 0 Å². The highest BCUT2D eigenvalue weighted by molar-refractivity contribution is 5.89. The molecule has 0 aliphatic rings. The first-order valence-corrected chi connectivity index (χ1v) is 5.47. The Labute approximate surface area is 104 Å². The summed E-state index contributed by atoms with van der Waals surface area (Å²) in [4.78, 5) is 33.1. The fourth-order valence-electron chi connectivity index (χ4n) is 1.04. The molecule has 0 saturated carbocycles. The minimum absolute atomic E-state index is 0.173. The predicted molar refractivity (Wildman–Crippen MR) is 60.5 cm³/mol. The third-order valence-corrected chi connectivity index (χ3v) is 1.96. The molecule has 0 aromatic rings. The number of esters is 1. The summed E-state index contributed by atoms with van der Waals surface area (Å²) < 4.78 is 4.74. The highest BCUT2D eigenvalue weighted by Crippen LogP contribution is 1.94. The van der Waals surface area contributed by atoms with Gasteiger partial charge in [0, 0.05) is 0 Å². The van der Waals surface area contributed by atoms with Crippen molar-refractivity contribution in [2.45, 2.75) is 31.8 Å². The molecule has 0 spiro atoms. The second-order valence-corrected chi connectivity index (χ2v) is 3.62. The van der Waals surface area contributed by atoms with E-state index in [-0.39, 0.29) is 6.61 Å². The molecule has 0 aromatic heterocycles. The van der Waals surface area contributed by atoms with Crippen LogP contribution in [0.4, 0.5) is 0 Å². The van der Waals surface area contributed by atoms with Gasteiger partial charge in [-0.15, -0.1) is 0 Å². The molecule has 0 heterocycles. The van der Waals surface area contributed by atoms with Crippen LogP contribution in [0.3, 0.4) is 0 Å². The van der Waals surface area contributed by atoms with Crippen molar-refractivity contribution in [3.63, 3.8) is 0 Å². The second-order valence-electron chi connectivity index (χ2n) is 3.62. The van der Waals surface area contributed by atoms with Gasteiger partial charge in [-0.2, -0.15) is 0 Å². The van der Waals surface area contributed by atoms with Crippen LogP contribution < -0.4 is 11.1 Å². The number of carbonyl (C=O) groups excluding carboxylic acids is 2. The smallest absolute Gasteiger partial charge is 0.331 e. The summed E-state index contributed by atoms with van der Waals surface area (Å²) >= 11 is 0. The lowest BCUT2D eigenvalue weighted by Crippen LogP contribution is -2.51. The fourth-order valence-corrected chi connectivity index (χ4v) is 1.04. The SMILES string of the molecule is CCCOC(=O)[C@H](CO)NC(=O)[C@H](N)CC(=O)O. The Morgan fingerprint density at radius 1 is 1.39 bits per heavy atom. The number of carboxylic acids is 1. The average Bonchev–Trinajstić information content (AvgIpc) is 2.31. The molecule has 18 heavy (non-hydrogen) atoms. The van der Waals surface area contributed by atoms with E-state index in [0.717, 1.165) is 0 Å². The summed E-state index contributed by atoms with van der Waals surface area (Å²) in [5, 5.41) is 19.5. The number of carboxylic acid groups (broad SMARTS) is 1. The zero-order valence-corrected chi connectivity index (χ0v) is 10.1. The second kappa shape index (κ2) is 8.43. The molecule has 0 saturated heterocycles. The zero-order chi connectivity index (χ0) is 14.1. The first-order valence-electron chi connectivity index (χ1n) is 5.47. The summed E-state index contributed by atoms with van der Waals surface area (Å²) in [5.74, 6) is -2.84. The maximum absolute atomic E-state index is 11.4. The maximum atomic E-state index is 11.4. The molecule has 0 aromatic carbocycles. The summed E-state index contributed by atoms with van der Waals surface area (Å²) in [7, 11) is 0. The highest BCUT2D eigenvalue weighted by atomic mass is 16.5. The van der Waals surface area contributed by atoms with Crippen LogP contribution in [-0.4, -0.2) is 53.4 Å². The van der Waals surface area contributed by atoms with E-state index >= 15 is 0 Å². The Kier molecular flexibility index (Phi) is 7.64. The molecule has 0 aliphatic carbocycles. The summed E-state index contributed by atoms with van der Waals surface area (Å²) in [6.45, 7) is 1.32. The Balaban J connectivity index is 4.30. The third kappa shape index (κ3) is 6.16. The standard InChI is InChI=1S/C10H18N2O6/c1-2-3-18-10(17)7(5-13)12-9(16)6(11)4-8(14)15/h6-7,13H,2-5,11H2,1H3,(H,12,16)(H,14,15)/t6-,7+/m1/s1. The van der Waals surface area contributed by atoms with Crippen LogP contribution in [0.2, 0.25) is 0 Å². The van der Waals surface area contributed by atoms with Gasteiger partial charge in [0.25, 0.3) is 0 Å². The van der Waals surface area contributed by atoms with Crippen LogP contribution in [0.1, 0.15) is 19.8 Å². The van der Waals surface area contributed by atoms with E-state index < -0.39 is 43.0 Å². The zero-order valence-electron chi connectivity index (χ0n) is 10.1. The molecule has 5 N–H and O–H groups in total. The molecule has 104 valence electrons. The Bertz CT molecular complexity index is 307. The first-order chi connectivity index (χ1) is 8.42. The van der Waals surface area contributed by atoms with E-state index in [1.807, 2.05) is 0 Å². The van der Waals surface area contributed by atoms with E-state index in [0.29, 0.717) is 6.42 Å². The van der Waals surface area contributed by atoms with E-state index in [9.17, 15) is 14.4 Å². The summed E-state index contributed by atoms with van der Waals surface area (Å²) in [6, 6.07) is -2.51. The molecule has 0 aliphatic heterocycles. The fraction of sp³-hybridized carbons (Fsp3) is 0.700. The van der Waals surface area contributed by atoms with Crippen LogP contribution in [-0.2, 0) is 19.1 Å². The molecule has 0 unspecified atom stereocenters. The highest BCUT2D eigenvalue weighted by Gasteiger charge is 2.25. The van der Waals surface area contributed by atoms with Gasteiger partial charge in [-0.25, -0.2) is 4.79 Å². The third-order valence-electron chi connectivity index (χ3n) is 1.96. The Morgan fingerprint density at radius 3 is 2.44 bits per heavy atom. The molecular formula is C10H18N2O6. The van der Waals surface area contributed by atoms with E-state index in [4.69, 9.17) is 20.7 Å². The molecular weight excluding hydrogens is 244 g/mol. The van der Waals surface area contributed by atoms with Gasteiger partial charge in [-0.05, 0) is 6.42 Å². The van der Waals surface area contributed by atoms with Crippen LogP contribution in [0, 0.1) is 0 Å². The number of amides is 1. The van der Waals surface area contributed by atoms with E-state index in [2.05, 4.69) is 5.32 Å². The predicted octanol–water partition coefficient (Wildman–Crippen LogP) is -1.78. The first kappa shape index (κ1) is 16.3. The molecule has 1 amide bonds. The van der Waals surface area contributed by atoms with Gasteiger partial charge in [0.1, 0.15) is 0 Å². The van der Waals surface area contributed by atoms with Gasteiger partial charge in [-0.3, -0.25) is 9.59 Å². The minimum Gasteiger partial charge on any atom is -0.481 e. The monoisotopic (exact) mass is 262 g/mol. The number of rotatable bonds is 8. The van der Waals surface area contributed by atoms with Gasteiger partial charge in [-0.1, -0.05) is 6.92 Å². The van der Waals surface area contributed by atoms with Crippen molar-refractivity contribution in [1.29, 1.82) is 0 Å². The van der Waals surface area contributed by atoms with Crippen molar-refractivity contribution in [2.24, 2.45) is 5.73 Å². The molecule has 0 rings (SSSR count). The minimum atomic E-state index is -1.28. The number of aliphatic hydroxyl groups excluding tert-OH is 1. The molecule has 0 radical (unpaired) electrons. The Hall–Kier alpha value is -1.67. The molecule has 0 bridgehead atoms. The Morgan fingerprint density at radius 2 is 2.00 bits per heavy atom. The number of nitrogens with two attached hydrogens (primary N) is 1. The molecule has 0 fully saturated rings. The van der Waals surface area contributed by atoms with Crippen molar-refractivity contribution >= 4 is 17.8 Å². The van der Waals surface area contributed by atoms with E-state index in [1.54, 1.807) is 6.92 Å². The molecule has 8 nitrogen and oxygen atoms in total. The van der Waals surface area contributed by atoms with Gasteiger partial charge in [0.2, 0.25) is 5.91 Å². The molecule has 2 atom stereocenters. The number of ether oxygens (including phenoxy) is 1. The quantitative estimate of drug-likeness (QED) is 0.379. The van der Waals surface area contributed by atoms with Crippen LogP contribution in [0.5, 0.6) is 0 Å². The van der Waals surface area contributed by atoms with Crippen molar-refractivity contribution < 1.29 is 29.3 Å². The van der Waals surface area contributed by atoms with E-state index in [1.165, 1.54) is 0 Å². The largest absolute Gasteiger partial charge is 0.481 e. The van der Waals surface area contributed by atoms with Crippen molar-refractivity contribution in [2.75, 3.05) is 13.2 Å². The summed E-state index contributed by atoms with van der Waals surface area (Å²) in [6.07, 6.45) is 0.0460. The number of carbonyl (C=O) groups is 3. The van der Waals surface area contributed by atoms with Crippen molar-refractivity contribution in [3.05, 3.63) is 0 Å². The van der Waals surface area contributed by atoms with Gasteiger partial charge < -0.3 is 26.0 Å². The average molecular weight is 262 g/mol. The summed E-state index contributed by atoms with van der Waals surface area (Å²) in [5.41, 5.74) is 5.29. The van der Waals surface area contributed by atoms with Crippen LogP contribution >= 0.6 is 0 Å².